The van der Waals surface area contributed by atoms with E-state index in [-0.39, 0.29) is 0 Å². The van der Waals surface area contributed by atoms with Crippen molar-refractivity contribution >= 4 is 0 Å². The summed E-state index contributed by atoms with van der Waals surface area (Å²) in [5.41, 5.74) is 0.422. The van der Waals surface area contributed by atoms with E-state index in [0.29, 0.717) is 5.54 Å². The molecule has 1 aliphatic carbocycles. The summed E-state index contributed by atoms with van der Waals surface area (Å²) >= 11 is 0. The molecule has 0 amide bonds. The van der Waals surface area contributed by atoms with Gasteiger partial charge in [0.05, 0.1) is 0 Å². The van der Waals surface area contributed by atoms with Gasteiger partial charge in [-0.25, -0.2) is 0 Å². The molecule has 0 aromatic carbocycles. The molecule has 2 fully saturated rings. The molecule has 2 aliphatic rings. The second-order valence-electron chi connectivity index (χ2n) is 5.17. The Morgan fingerprint density at radius 3 is 1.91 bits per heavy atom. The molecule has 0 N–H and O–H groups in total. The van der Waals surface area contributed by atoms with E-state index in [1.54, 1.807) is 0 Å². The fourth-order valence-corrected chi connectivity index (χ4v) is 1.93. The molecule has 0 atom stereocenters. The highest BCUT2D eigenvalue weighted by atomic mass is 15.2. The summed E-state index contributed by atoms with van der Waals surface area (Å²) in [4.78, 5) is 2.59. The molecule has 0 aromatic heterocycles. The van der Waals surface area contributed by atoms with Crippen LogP contribution in [0.2, 0.25) is 0 Å². The van der Waals surface area contributed by atoms with Crippen LogP contribution in [-0.2, 0) is 0 Å². The first-order valence-electron chi connectivity index (χ1n) is 4.82. The van der Waals surface area contributed by atoms with E-state index in [9.17, 15) is 0 Å². The van der Waals surface area contributed by atoms with Crippen molar-refractivity contribution in [3.05, 3.63) is 0 Å². The first kappa shape index (κ1) is 7.60. The highest BCUT2D eigenvalue weighted by Crippen LogP contribution is 2.42. The van der Waals surface area contributed by atoms with E-state index in [1.807, 2.05) is 0 Å². The van der Waals surface area contributed by atoms with Gasteiger partial charge in [-0.1, -0.05) is 0 Å². The SMILES string of the molecule is CC(C)(C)N1CC(C2CC2)C1. The average Bonchev–Trinajstić information content (AvgIpc) is 2.38. The molecule has 1 saturated heterocycles. The van der Waals surface area contributed by atoms with E-state index < -0.39 is 0 Å². The second kappa shape index (κ2) is 2.22. The predicted octanol–water partition coefficient (Wildman–Crippen LogP) is 2.13. The van der Waals surface area contributed by atoms with Crippen molar-refractivity contribution in [1.29, 1.82) is 0 Å². The fraction of sp³-hybridized carbons (Fsp3) is 1.00. The maximum Gasteiger partial charge on any atom is 0.0125 e. The topological polar surface area (TPSA) is 3.24 Å². The lowest BCUT2D eigenvalue weighted by molar-refractivity contribution is 0.00446. The summed E-state index contributed by atoms with van der Waals surface area (Å²) < 4.78 is 0. The average molecular weight is 153 g/mol. The molecule has 1 heterocycles. The summed E-state index contributed by atoms with van der Waals surface area (Å²) in [5, 5.41) is 0. The van der Waals surface area contributed by atoms with Gasteiger partial charge in [-0.3, -0.25) is 4.90 Å². The minimum Gasteiger partial charge on any atom is -0.298 e. The third-order valence-electron chi connectivity index (χ3n) is 3.15. The monoisotopic (exact) mass is 153 g/mol. The molecule has 11 heavy (non-hydrogen) atoms. The molecule has 1 aliphatic heterocycles. The van der Waals surface area contributed by atoms with Crippen LogP contribution in [0.25, 0.3) is 0 Å². The molecule has 1 nitrogen and oxygen atoms in total. The zero-order valence-corrected chi connectivity index (χ0v) is 7.93. The molecule has 2 rings (SSSR count). The van der Waals surface area contributed by atoms with Crippen LogP contribution in [0.1, 0.15) is 33.6 Å². The van der Waals surface area contributed by atoms with Gasteiger partial charge in [-0.15, -0.1) is 0 Å². The first-order chi connectivity index (χ1) is 5.07. The van der Waals surface area contributed by atoms with Gasteiger partial charge in [0.25, 0.3) is 0 Å². The summed E-state index contributed by atoms with van der Waals surface area (Å²) in [6, 6.07) is 0. The molecule has 0 aromatic rings. The minimum absolute atomic E-state index is 0.422. The number of hydrogen-bond acceptors (Lipinski definition) is 1. The van der Waals surface area contributed by atoms with Crippen molar-refractivity contribution < 1.29 is 0 Å². The van der Waals surface area contributed by atoms with Crippen LogP contribution >= 0.6 is 0 Å². The van der Waals surface area contributed by atoms with Gasteiger partial charge in [0.1, 0.15) is 0 Å². The zero-order valence-electron chi connectivity index (χ0n) is 7.93. The van der Waals surface area contributed by atoms with Crippen LogP contribution in [0.4, 0.5) is 0 Å². The predicted molar refractivity (Wildman–Crippen MR) is 47.5 cm³/mol. The first-order valence-corrected chi connectivity index (χ1v) is 4.82. The molecule has 0 radical (unpaired) electrons. The van der Waals surface area contributed by atoms with Crippen molar-refractivity contribution in [1.82, 2.24) is 4.90 Å². The van der Waals surface area contributed by atoms with Gasteiger partial charge < -0.3 is 0 Å². The number of likely N-dealkylation sites (tertiary alicyclic amines) is 1. The molecule has 0 spiro atoms. The summed E-state index contributed by atoms with van der Waals surface area (Å²) in [5.74, 6) is 2.18. The number of hydrogen-bond donors (Lipinski definition) is 0. The Morgan fingerprint density at radius 1 is 1.00 bits per heavy atom. The zero-order chi connectivity index (χ0) is 8.06. The fourth-order valence-electron chi connectivity index (χ4n) is 1.93. The van der Waals surface area contributed by atoms with E-state index in [1.165, 1.54) is 25.9 Å². The van der Waals surface area contributed by atoms with Crippen LogP contribution in [-0.4, -0.2) is 23.5 Å². The highest BCUT2D eigenvalue weighted by Gasteiger charge is 2.42. The Kier molecular flexibility index (Phi) is 1.54. The van der Waals surface area contributed by atoms with E-state index in [4.69, 9.17) is 0 Å². The van der Waals surface area contributed by atoms with Gasteiger partial charge in [0, 0.05) is 18.6 Å². The van der Waals surface area contributed by atoms with Gasteiger partial charge in [-0.05, 0) is 45.4 Å². The van der Waals surface area contributed by atoms with E-state index in [2.05, 4.69) is 25.7 Å². The molecule has 64 valence electrons. The number of rotatable bonds is 1. The van der Waals surface area contributed by atoms with Gasteiger partial charge in [0.2, 0.25) is 0 Å². The number of nitrogens with zero attached hydrogens (tertiary/aromatic N) is 1. The summed E-state index contributed by atoms with van der Waals surface area (Å²) in [6.45, 7) is 9.69. The van der Waals surface area contributed by atoms with Crippen molar-refractivity contribution in [3.8, 4) is 0 Å². The quantitative estimate of drug-likeness (QED) is 0.558. The summed E-state index contributed by atoms with van der Waals surface area (Å²) in [6.07, 6.45) is 3.03. The molecule has 1 heteroatoms. The third kappa shape index (κ3) is 1.44. The maximum absolute atomic E-state index is 2.59. The normalized spacial score (nSPS) is 28.6. The molecule has 0 bridgehead atoms. The van der Waals surface area contributed by atoms with Gasteiger partial charge in [-0.2, -0.15) is 0 Å². The summed E-state index contributed by atoms with van der Waals surface area (Å²) in [7, 11) is 0. The van der Waals surface area contributed by atoms with Crippen LogP contribution in [0.15, 0.2) is 0 Å². The largest absolute Gasteiger partial charge is 0.298 e. The van der Waals surface area contributed by atoms with Crippen LogP contribution in [0.3, 0.4) is 0 Å². The van der Waals surface area contributed by atoms with Crippen molar-refractivity contribution in [3.63, 3.8) is 0 Å². The lowest BCUT2D eigenvalue weighted by Crippen LogP contribution is -2.56. The smallest absolute Gasteiger partial charge is 0.0125 e. The van der Waals surface area contributed by atoms with E-state index >= 15 is 0 Å². The highest BCUT2D eigenvalue weighted by molar-refractivity contribution is 4.95. The Labute approximate surface area is 69.8 Å². The lowest BCUT2D eigenvalue weighted by atomic mass is 9.89. The minimum atomic E-state index is 0.422. The Bertz CT molecular complexity index is 147. The molecule has 0 unspecified atom stereocenters. The van der Waals surface area contributed by atoms with Crippen molar-refractivity contribution in [2.75, 3.05) is 13.1 Å². The Hall–Kier alpha value is -0.0400. The Morgan fingerprint density at radius 2 is 1.55 bits per heavy atom. The van der Waals surface area contributed by atoms with Crippen molar-refractivity contribution in [2.24, 2.45) is 11.8 Å². The van der Waals surface area contributed by atoms with Gasteiger partial charge in [0.15, 0.2) is 0 Å². The van der Waals surface area contributed by atoms with Crippen LogP contribution in [0.5, 0.6) is 0 Å². The van der Waals surface area contributed by atoms with Gasteiger partial charge >= 0.3 is 0 Å². The van der Waals surface area contributed by atoms with Crippen molar-refractivity contribution in [2.45, 2.75) is 39.2 Å². The Balaban J connectivity index is 1.78. The molecular weight excluding hydrogens is 134 g/mol. The second-order valence-corrected chi connectivity index (χ2v) is 5.17. The van der Waals surface area contributed by atoms with Crippen LogP contribution < -0.4 is 0 Å². The third-order valence-corrected chi connectivity index (χ3v) is 3.15. The van der Waals surface area contributed by atoms with E-state index in [0.717, 1.165) is 11.8 Å². The maximum atomic E-state index is 2.59. The lowest BCUT2D eigenvalue weighted by Gasteiger charge is -2.48. The molecular formula is C10H19N. The van der Waals surface area contributed by atoms with Crippen LogP contribution in [0, 0.1) is 11.8 Å². The molecule has 1 saturated carbocycles. The standard InChI is InChI=1S/C10H19N/c1-10(2,3)11-6-9(7-11)8-4-5-8/h8-9H,4-7H2,1-3H3.